The Kier molecular flexibility index (Phi) is 6.14. The van der Waals surface area contributed by atoms with Crippen molar-refractivity contribution in [3.05, 3.63) is 84.9 Å². The van der Waals surface area contributed by atoms with Gasteiger partial charge in [-0.2, -0.15) is 0 Å². The smallest absolute Gasteiger partial charge is 0.230 e. The molecular formula is C24H18B2O4. The maximum absolute atomic E-state index is 5.84. The van der Waals surface area contributed by atoms with Gasteiger partial charge in [0.2, 0.25) is 13.6 Å². The van der Waals surface area contributed by atoms with E-state index in [-0.39, 0.29) is 13.6 Å². The van der Waals surface area contributed by atoms with Gasteiger partial charge in [0.05, 0.1) is 0 Å². The first kappa shape index (κ1) is 19.8. The lowest BCUT2D eigenvalue weighted by molar-refractivity contribution is 0.118. The number of fused-ring (bicyclic) bond motifs is 1. The molecule has 30 heavy (non-hydrogen) atoms. The van der Waals surface area contributed by atoms with Gasteiger partial charge < -0.3 is 18.9 Å². The third-order valence-corrected chi connectivity index (χ3v) is 4.44. The average molecular weight is 392 g/mol. The largest absolute Gasteiger partial charge is 0.458 e. The predicted molar refractivity (Wildman–Crippen MR) is 120 cm³/mol. The summed E-state index contributed by atoms with van der Waals surface area (Å²) in [4.78, 5) is 0. The number of hydrogen-bond donors (Lipinski definition) is 0. The van der Waals surface area contributed by atoms with Gasteiger partial charge in [-0.05, 0) is 36.4 Å². The highest BCUT2D eigenvalue weighted by atomic mass is 16.7. The highest BCUT2D eigenvalue weighted by Gasteiger charge is 2.08. The molecule has 0 fully saturated rings. The molecule has 4 rings (SSSR count). The van der Waals surface area contributed by atoms with Gasteiger partial charge in [-0.25, -0.2) is 0 Å². The van der Waals surface area contributed by atoms with Gasteiger partial charge in [0.25, 0.3) is 0 Å². The van der Waals surface area contributed by atoms with Crippen molar-refractivity contribution in [1.82, 2.24) is 0 Å². The molecule has 0 saturated heterocycles. The molecule has 6 heteroatoms. The number of ether oxygens (including phenoxy) is 4. The molecule has 0 spiro atoms. The molecule has 0 aliphatic carbocycles. The molecule has 4 aromatic carbocycles. The summed E-state index contributed by atoms with van der Waals surface area (Å²) in [6, 6.07) is 25.9. The number of benzene rings is 4. The van der Waals surface area contributed by atoms with Gasteiger partial charge in [0.1, 0.15) is 38.7 Å². The second-order valence-corrected chi connectivity index (χ2v) is 6.57. The zero-order valence-corrected chi connectivity index (χ0v) is 16.3. The van der Waals surface area contributed by atoms with Crippen LogP contribution in [0.15, 0.2) is 84.9 Å². The van der Waals surface area contributed by atoms with Crippen molar-refractivity contribution in [1.29, 1.82) is 0 Å². The quantitative estimate of drug-likeness (QED) is 0.341. The lowest BCUT2D eigenvalue weighted by atomic mass is 9.96. The molecule has 0 aromatic heterocycles. The minimum Gasteiger partial charge on any atom is -0.458 e. The Hall–Kier alpha value is -3.53. The van der Waals surface area contributed by atoms with Gasteiger partial charge in [-0.15, -0.1) is 0 Å². The van der Waals surface area contributed by atoms with E-state index in [0.29, 0.717) is 33.9 Å². The van der Waals surface area contributed by atoms with Crippen LogP contribution in [0.4, 0.5) is 0 Å². The van der Waals surface area contributed by atoms with Gasteiger partial charge in [-0.3, -0.25) is 0 Å². The van der Waals surface area contributed by atoms with Crippen molar-refractivity contribution >= 4 is 37.4 Å². The Labute approximate surface area is 178 Å². The Bertz CT molecular complexity index is 1060. The van der Waals surface area contributed by atoms with E-state index in [1.807, 2.05) is 60.7 Å². The van der Waals surface area contributed by atoms with Crippen LogP contribution in [0.1, 0.15) is 0 Å². The lowest BCUT2D eigenvalue weighted by Gasteiger charge is -2.14. The normalized spacial score (nSPS) is 10.5. The molecule has 4 radical (unpaired) electrons. The van der Waals surface area contributed by atoms with E-state index in [2.05, 4.69) is 0 Å². The van der Waals surface area contributed by atoms with Crippen LogP contribution in [0, 0.1) is 0 Å². The minimum atomic E-state index is 0.0617. The summed E-state index contributed by atoms with van der Waals surface area (Å²) in [6.45, 7) is 0.123. The maximum Gasteiger partial charge on any atom is 0.230 e. The van der Waals surface area contributed by atoms with E-state index < -0.39 is 0 Å². The van der Waals surface area contributed by atoms with Crippen molar-refractivity contribution in [2.24, 2.45) is 0 Å². The maximum atomic E-state index is 5.84. The molecule has 0 heterocycles. The van der Waals surface area contributed by atoms with Crippen LogP contribution in [-0.4, -0.2) is 29.3 Å². The highest BCUT2D eigenvalue weighted by molar-refractivity contribution is 6.32. The van der Waals surface area contributed by atoms with E-state index in [0.717, 1.165) is 10.8 Å². The highest BCUT2D eigenvalue weighted by Crippen LogP contribution is 2.33. The van der Waals surface area contributed by atoms with Crippen LogP contribution >= 0.6 is 0 Å². The standard InChI is InChI=1S/C24H18B2O4/c25-17-5-3-7-19(13-17)27-15-29-23-11-12-24(22-10-2-1-9-21(22)23)30-16-28-20-8-4-6-18(26)14-20/h1-14H,15-16H2. The summed E-state index contributed by atoms with van der Waals surface area (Å²) in [5.41, 5.74) is 1.28. The minimum absolute atomic E-state index is 0.0617. The Balaban J connectivity index is 1.43. The second kappa shape index (κ2) is 9.31. The second-order valence-electron chi connectivity index (χ2n) is 6.57. The van der Waals surface area contributed by atoms with E-state index in [9.17, 15) is 0 Å². The first-order valence-corrected chi connectivity index (χ1v) is 9.43. The molecule has 144 valence electrons. The molecule has 0 aliphatic rings. The molecule has 0 amide bonds. The summed E-state index contributed by atoms with van der Waals surface area (Å²) in [5.74, 6) is 2.69. The molecule has 0 saturated carbocycles. The van der Waals surface area contributed by atoms with E-state index in [1.54, 1.807) is 24.3 Å². The lowest BCUT2D eigenvalue weighted by Crippen LogP contribution is -2.09. The molecule has 4 nitrogen and oxygen atoms in total. The van der Waals surface area contributed by atoms with Crippen LogP contribution in [-0.2, 0) is 0 Å². The molecule has 0 atom stereocenters. The topological polar surface area (TPSA) is 36.9 Å². The van der Waals surface area contributed by atoms with Crippen molar-refractivity contribution < 1.29 is 18.9 Å². The summed E-state index contributed by atoms with van der Waals surface area (Å²) < 4.78 is 22.9. The molecule has 0 unspecified atom stereocenters. The monoisotopic (exact) mass is 392 g/mol. The van der Waals surface area contributed by atoms with Crippen molar-refractivity contribution in [2.45, 2.75) is 0 Å². The van der Waals surface area contributed by atoms with Gasteiger partial charge in [0.15, 0.2) is 0 Å². The van der Waals surface area contributed by atoms with E-state index >= 15 is 0 Å². The van der Waals surface area contributed by atoms with Gasteiger partial charge >= 0.3 is 0 Å². The van der Waals surface area contributed by atoms with Crippen molar-refractivity contribution in [3.63, 3.8) is 0 Å². The van der Waals surface area contributed by atoms with Crippen LogP contribution in [0.3, 0.4) is 0 Å². The number of hydrogen-bond acceptors (Lipinski definition) is 4. The summed E-state index contributed by atoms with van der Waals surface area (Å²) in [7, 11) is 11.5. The van der Waals surface area contributed by atoms with Crippen LogP contribution in [0.5, 0.6) is 23.0 Å². The first-order valence-electron chi connectivity index (χ1n) is 9.43. The van der Waals surface area contributed by atoms with Crippen molar-refractivity contribution in [3.8, 4) is 23.0 Å². The van der Waals surface area contributed by atoms with Crippen LogP contribution in [0.25, 0.3) is 10.8 Å². The van der Waals surface area contributed by atoms with E-state index in [4.69, 9.17) is 34.6 Å². The predicted octanol–water partition coefficient (Wildman–Crippen LogP) is 3.26. The fraction of sp³-hybridized carbons (Fsp3) is 0.0833. The Morgan fingerprint density at radius 2 is 0.967 bits per heavy atom. The first-order chi connectivity index (χ1) is 14.7. The molecule has 0 bridgehead atoms. The molecule has 0 N–H and O–H groups in total. The van der Waals surface area contributed by atoms with Crippen molar-refractivity contribution in [2.75, 3.05) is 13.6 Å². The Morgan fingerprint density at radius 3 is 1.40 bits per heavy atom. The van der Waals surface area contributed by atoms with Gasteiger partial charge in [0, 0.05) is 10.8 Å². The average Bonchev–Trinajstić information content (AvgIpc) is 2.75. The zero-order chi connectivity index (χ0) is 20.8. The number of rotatable bonds is 8. The molecular weight excluding hydrogens is 374 g/mol. The van der Waals surface area contributed by atoms with Gasteiger partial charge in [-0.1, -0.05) is 59.5 Å². The fourth-order valence-corrected chi connectivity index (χ4v) is 3.03. The molecule has 4 aromatic rings. The SMILES string of the molecule is [B]c1cccc(OCOc2ccc(OCOc3cccc([B])c3)c3ccccc23)c1. The summed E-state index contributed by atoms with van der Waals surface area (Å²) >= 11 is 0. The Morgan fingerprint density at radius 1 is 0.500 bits per heavy atom. The third-order valence-electron chi connectivity index (χ3n) is 4.44. The third kappa shape index (κ3) is 4.90. The zero-order valence-electron chi connectivity index (χ0n) is 16.3. The summed E-state index contributed by atoms with van der Waals surface area (Å²) in [6.07, 6.45) is 0. The van der Waals surface area contributed by atoms with Crippen LogP contribution in [0.2, 0.25) is 0 Å². The summed E-state index contributed by atoms with van der Waals surface area (Å²) in [5, 5.41) is 1.82. The van der Waals surface area contributed by atoms with Crippen LogP contribution < -0.4 is 29.9 Å². The van der Waals surface area contributed by atoms with E-state index in [1.165, 1.54) is 0 Å². The fourth-order valence-electron chi connectivity index (χ4n) is 3.03. The molecule has 0 aliphatic heterocycles.